The lowest BCUT2D eigenvalue weighted by molar-refractivity contribution is -0.394. The van der Waals surface area contributed by atoms with E-state index in [4.69, 9.17) is 0 Å². The molecule has 0 aliphatic rings. The summed E-state index contributed by atoms with van der Waals surface area (Å²) in [5, 5.41) is 17.7. The van der Waals surface area contributed by atoms with Crippen molar-refractivity contribution in [2.75, 3.05) is 0 Å². The molecule has 1 aromatic heterocycles. The van der Waals surface area contributed by atoms with Crippen LogP contribution in [0.15, 0.2) is 35.7 Å². The van der Waals surface area contributed by atoms with Crippen LogP contribution >= 0.6 is 0 Å². The number of benzene rings is 1. The van der Waals surface area contributed by atoms with Crippen LogP contribution in [0.2, 0.25) is 0 Å². The van der Waals surface area contributed by atoms with Gasteiger partial charge in [-0.1, -0.05) is 29.2 Å². The van der Waals surface area contributed by atoms with Crippen molar-refractivity contribution in [2.24, 2.45) is 5.10 Å². The summed E-state index contributed by atoms with van der Waals surface area (Å²) < 4.78 is 1.07. The maximum Gasteiger partial charge on any atom is 0.490 e. The fourth-order valence-electron chi connectivity index (χ4n) is 1.53. The lowest BCUT2D eigenvalue weighted by Crippen LogP contribution is -2.23. The molecule has 0 unspecified atom stereocenters. The highest BCUT2D eigenvalue weighted by atomic mass is 16.6. The Labute approximate surface area is 119 Å². The molecule has 108 valence electrons. The fraction of sp³-hybridized carbons (Fsp3) is 0.167. The minimum Gasteiger partial charge on any atom is -0.390 e. The standard InChI is InChI=1S/C12H12N6O3/c1-9-4-2-3-5-10(9)6-14-15-11(19)7-17-8-13-12(16-17)18(20)21/h2-6,8H,7H2,1H3,(H,15,19). The molecule has 0 fully saturated rings. The summed E-state index contributed by atoms with van der Waals surface area (Å²) in [5.74, 6) is -1.01. The topological polar surface area (TPSA) is 115 Å². The van der Waals surface area contributed by atoms with Gasteiger partial charge in [-0.15, -0.1) is 0 Å². The maximum atomic E-state index is 11.6. The SMILES string of the molecule is Cc1ccccc1C=NNC(=O)Cn1cnc([N+](=O)[O-])n1. The van der Waals surface area contributed by atoms with E-state index in [9.17, 15) is 14.9 Å². The van der Waals surface area contributed by atoms with Crippen LogP contribution < -0.4 is 5.43 Å². The zero-order chi connectivity index (χ0) is 15.2. The van der Waals surface area contributed by atoms with E-state index in [0.29, 0.717) is 0 Å². The highest BCUT2D eigenvalue weighted by Gasteiger charge is 2.14. The summed E-state index contributed by atoms with van der Waals surface area (Å²) in [6.45, 7) is 1.73. The number of rotatable bonds is 5. The molecule has 9 nitrogen and oxygen atoms in total. The Morgan fingerprint density at radius 2 is 2.29 bits per heavy atom. The molecule has 1 N–H and O–H groups in total. The second kappa shape index (κ2) is 6.37. The predicted molar refractivity (Wildman–Crippen MR) is 73.6 cm³/mol. The van der Waals surface area contributed by atoms with E-state index >= 15 is 0 Å². The van der Waals surface area contributed by atoms with Crippen molar-refractivity contribution in [3.05, 3.63) is 51.8 Å². The van der Waals surface area contributed by atoms with Gasteiger partial charge in [0.05, 0.1) is 6.21 Å². The molecule has 9 heteroatoms. The van der Waals surface area contributed by atoms with E-state index in [1.54, 1.807) is 0 Å². The van der Waals surface area contributed by atoms with Crippen LogP contribution in [0.25, 0.3) is 0 Å². The Hall–Kier alpha value is -3.10. The number of nitro groups is 1. The van der Waals surface area contributed by atoms with E-state index in [1.165, 1.54) is 6.21 Å². The summed E-state index contributed by atoms with van der Waals surface area (Å²) >= 11 is 0. The molecule has 0 radical (unpaired) electrons. The van der Waals surface area contributed by atoms with Gasteiger partial charge in [-0.2, -0.15) is 9.78 Å². The average molecular weight is 288 g/mol. The first-order chi connectivity index (χ1) is 10.1. The molecule has 2 rings (SSSR count). The Bertz CT molecular complexity index is 694. The van der Waals surface area contributed by atoms with E-state index < -0.39 is 16.8 Å². The Kier molecular flexibility index (Phi) is 4.34. The molecule has 21 heavy (non-hydrogen) atoms. The molecule has 0 saturated heterocycles. The third kappa shape index (κ3) is 3.93. The normalized spacial score (nSPS) is 10.7. The monoisotopic (exact) mass is 288 g/mol. The molecule has 1 amide bonds. The van der Waals surface area contributed by atoms with Gasteiger partial charge in [0.15, 0.2) is 0 Å². The molecule has 2 aromatic rings. The van der Waals surface area contributed by atoms with E-state index in [2.05, 4.69) is 20.6 Å². The zero-order valence-electron chi connectivity index (χ0n) is 11.1. The lowest BCUT2D eigenvalue weighted by atomic mass is 10.1. The van der Waals surface area contributed by atoms with Crippen molar-refractivity contribution in [1.29, 1.82) is 0 Å². The van der Waals surface area contributed by atoms with Crippen LogP contribution in [0.4, 0.5) is 5.95 Å². The molecule has 0 aliphatic carbocycles. The van der Waals surface area contributed by atoms with Gasteiger partial charge in [0.2, 0.25) is 6.33 Å². The first kappa shape index (κ1) is 14.3. The molecule has 0 bridgehead atoms. The number of amides is 1. The average Bonchev–Trinajstić information content (AvgIpc) is 2.89. The van der Waals surface area contributed by atoms with Gasteiger partial charge in [-0.05, 0) is 23.0 Å². The highest BCUT2D eigenvalue weighted by molar-refractivity contribution is 5.83. The minimum absolute atomic E-state index is 0.202. The van der Waals surface area contributed by atoms with Gasteiger partial charge >= 0.3 is 5.95 Å². The summed E-state index contributed by atoms with van der Waals surface area (Å²) in [5.41, 5.74) is 4.23. The van der Waals surface area contributed by atoms with Crippen LogP contribution in [0, 0.1) is 17.0 Å². The third-order valence-electron chi connectivity index (χ3n) is 2.57. The van der Waals surface area contributed by atoms with Gasteiger partial charge in [0.1, 0.15) is 6.54 Å². The third-order valence-corrected chi connectivity index (χ3v) is 2.57. The zero-order valence-corrected chi connectivity index (χ0v) is 11.1. The molecule has 1 heterocycles. The number of nitrogens with zero attached hydrogens (tertiary/aromatic N) is 5. The number of aromatic nitrogens is 3. The first-order valence-electron chi connectivity index (χ1n) is 5.97. The second-order valence-corrected chi connectivity index (χ2v) is 4.15. The lowest BCUT2D eigenvalue weighted by Gasteiger charge is -1.99. The maximum absolute atomic E-state index is 11.6. The molecule has 0 spiro atoms. The van der Waals surface area contributed by atoms with E-state index in [0.717, 1.165) is 22.1 Å². The number of hydrogen-bond donors (Lipinski definition) is 1. The van der Waals surface area contributed by atoms with Crippen molar-refractivity contribution in [3.8, 4) is 0 Å². The number of hydrazone groups is 1. The van der Waals surface area contributed by atoms with Gasteiger partial charge in [0, 0.05) is 5.10 Å². The second-order valence-electron chi connectivity index (χ2n) is 4.15. The van der Waals surface area contributed by atoms with Crippen LogP contribution in [-0.4, -0.2) is 31.8 Å². The fourth-order valence-corrected chi connectivity index (χ4v) is 1.53. The molecule has 1 aromatic carbocycles. The Morgan fingerprint density at radius 1 is 1.52 bits per heavy atom. The van der Waals surface area contributed by atoms with E-state index in [1.807, 2.05) is 31.2 Å². The van der Waals surface area contributed by atoms with Gasteiger partial charge in [-0.25, -0.2) is 5.43 Å². The predicted octanol–water partition coefficient (Wildman–Crippen LogP) is 0.645. The van der Waals surface area contributed by atoms with Crippen molar-refractivity contribution in [2.45, 2.75) is 13.5 Å². The molecule has 0 saturated carbocycles. The summed E-state index contributed by atoms with van der Waals surface area (Å²) in [6, 6.07) is 7.57. The van der Waals surface area contributed by atoms with Crippen LogP contribution in [0.3, 0.4) is 0 Å². The first-order valence-corrected chi connectivity index (χ1v) is 5.97. The number of carbonyl (C=O) groups is 1. The number of carbonyl (C=O) groups excluding carboxylic acids is 1. The smallest absolute Gasteiger partial charge is 0.390 e. The van der Waals surface area contributed by atoms with Crippen LogP contribution in [-0.2, 0) is 11.3 Å². The molecular weight excluding hydrogens is 276 g/mol. The van der Waals surface area contributed by atoms with Gasteiger partial charge in [0.25, 0.3) is 5.91 Å². The number of hydrogen-bond acceptors (Lipinski definition) is 6. The summed E-state index contributed by atoms with van der Waals surface area (Å²) in [4.78, 5) is 24.7. The van der Waals surface area contributed by atoms with Crippen molar-refractivity contribution in [1.82, 2.24) is 20.2 Å². The molecular formula is C12H12N6O3. The van der Waals surface area contributed by atoms with Crippen molar-refractivity contribution < 1.29 is 9.72 Å². The molecule has 0 aliphatic heterocycles. The van der Waals surface area contributed by atoms with Gasteiger partial charge in [-0.3, -0.25) is 4.79 Å². The highest BCUT2D eigenvalue weighted by Crippen LogP contribution is 2.03. The summed E-state index contributed by atoms with van der Waals surface area (Å²) in [7, 11) is 0. The Balaban J connectivity index is 1.90. The van der Waals surface area contributed by atoms with E-state index in [-0.39, 0.29) is 6.54 Å². The largest absolute Gasteiger partial charge is 0.490 e. The van der Waals surface area contributed by atoms with Crippen LogP contribution in [0.5, 0.6) is 0 Å². The van der Waals surface area contributed by atoms with Crippen molar-refractivity contribution >= 4 is 18.1 Å². The quantitative estimate of drug-likeness (QED) is 0.492. The summed E-state index contributed by atoms with van der Waals surface area (Å²) in [6.07, 6.45) is 2.64. The Morgan fingerprint density at radius 3 is 2.95 bits per heavy atom. The van der Waals surface area contributed by atoms with Gasteiger partial charge < -0.3 is 10.1 Å². The number of aryl methyl sites for hydroxylation is 1. The number of nitrogens with one attached hydrogen (secondary N) is 1. The van der Waals surface area contributed by atoms with Crippen molar-refractivity contribution in [3.63, 3.8) is 0 Å². The minimum atomic E-state index is -0.731. The van der Waals surface area contributed by atoms with Crippen LogP contribution in [0.1, 0.15) is 11.1 Å². The molecule has 0 atom stereocenters.